The number of hydrazine groups is 1. The lowest BCUT2D eigenvalue weighted by molar-refractivity contribution is 0.0272. The highest BCUT2D eigenvalue weighted by molar-refractivity contribution is 7.89. The smallest absolute Gasteiger partial charge is 0.255 e. The number of aromatic nitrogens is 1. The van der Waals surface area contributed by atoms with Crippen LogP contribution in [0.4, 0.5) is 0 Å². The maximum absolute atomic E-state index is 12.0. The van der Waals surface area contributed by atoms with Crippen LogP contribution in [0.1, 0.15) is 0 Å². The van der Waals surface area contributed by atoms with Crippen LogP contribution in [-0.2, 0) is 14.8 Å². The van der Waals surface area contributed by atoms with Crippen molar-refractivity contribution in [1.82, 2.24) is 14.8 Å². The van der Waals surface area contributed by atoms with Crippen LogP contribution in [0.5, 0.6) is 0 Å². The van der Waals surface area contributed by atoms with Crippen molar-refractivity contribution < 1.29 is 13.2 Å². The Balaban J connectivity index is 2.16. The molecule has 0 saturated carbocycles. The van der Waals surface area contributed by atoms with Crippen LogP contribution in [-0.4, -0.2) is 44.7 Å². The molecule has 0 aromatic carbocycles. The Labute approximate surface area is 115 Å². The zero-order valence-electron chi connectivity index (χ0n) is 9.27. The van der Waals surface area contributed by atoms with E-state index < -0.39 is 10.0 Å². The van der Waals surface area contributed by atoms with E-state index in [1.807, 2.05) is 0 Å². The predicted octanol–water partition coefficient (Wildman–Crippen LogP) is 0.914. The molecule has 0 spiro atoms. The van der Waals surface area contributed by atoms with Crippen molar-refractivity contribution in [2.24, 2.45) is 0 Å². The van der Waals surface area contributed by atoms with Crippen molar-refractivity contribution in [1.29, 1.82) is 0 Å². The third-order valence-corrected chi connectivity index (χ3v) is 4.37. The standard InChI is InChI=1S/C9H11Cl2N3O3S/c10-8-5-7(6-12-9(8)11)18(15,16)13-14-1-3-17-4-2-14/h5-6,13H,1-4H2. The van der Waals surface area contributed by atoms with Gasteiger partial charge < -0.3 is 4.74 Å². The van der Waals surface area contributed by atoms with Gasteiger partial charge in [-0.3, -0.25) is 0 Å². The number of nitrogens with zero attached hydrogens (tertiary/aromatic N) is 2. The first-order valence-corrected chi connectivity index (χ1v) is 7.39. The van der Waals surface area contributed by atoms with E-state index >= 15 is 0 Å². The van der Waals surface area contributed by atoms with E-state index in [4.69, 9.17) is 27.9 Å². The molecule has 18 heavy (non-hydrogen) atoms. The maximum Gasteiger partial charge on any atom is 0.255 e. The molecular formula is C9H11Cl2N3O3S. The largest absolute Gasteiger partial charge is 0.379 e. The van der Waals surface area contributed by atoms with Crippen LogP contribution >= 0.6 is 23.2 Å². The van der Waals surface area contributed by atoms with E-state index in [1.54, 1.807) is 5.01 Å². The molecule has 6 nitrogen and oxygen atoms in total. The highest BCUT2D eigenvalue weighted by Gasteiger charge is 2.21. The lowest BCUT2D eigenvalue weighted by atomic mass is 10.5. The Morgan fingerprint density at radius 2 is 2.00 bits per heavy atom. The SMILES string of the molecule is O=S(=O)(NN1CCOCC1)c1cnc(Cl)c(Cl)c1. The first-order chi connectivity index (χ1) is 8.49. The second kappa shape index (κ2) is 5.68. The van der Waals surface area contributed by atoms with Gasteiger partial charge in [0.05, 0.1) is 18.2 Å². The number of morpholine rings is 1. The number of ether oxygens (including phenoxy) is 1. The maximum atomic E-state index is 12.0. The molecule has 1 aliphatic rings. The van der Waals surface area contributed by atoms with Crippen molar-refractivity contribution in [3.8, 4) is 0 Å². The molecule has 1 saturated heterocycles. The molecule has 0 atom stereocenters. The Kier molecular flexibility index (Phi) is 4.41. The van der Waals surface area contributed by atoms with Crippen molar-refractivity contribution in [2.45, 2.75) is 4.90 Å². The summed E-state index contributed by atoms with van der Waals surface area (Å²) < 4.78 is 29.2. The van der Waals surface area contributed by atoms with Crippen molar-refractivity contribution in [2.75, 3.05) is 26.3 Å². The van der Waals surface area contributed by atoms with Gasteiger partial charge in [-0.25, -0.2) is 18.4 Å². The van der Waals surface area contributed by atoms with Crippen molar-refractivity contribution >= 4 is 33.2 Å². The molecule has 9 heteroatoms. The van der Waals surface area contributed by atoms with Crippen LogP contribution in [0, 0.1) is 0 Å². The van der Waals surface area contributed by atoms with Gasteiger partial charge in [-0.15, -0.1) is 4.83 Å². The summed E-state index contributed by atoms with van der Waals surface area (Å²) in [6.45, 7) is 1.96. The molecule has 1 N–H and O–H groups in total. The first kappa shape index (κ1) is 14.0. The summed E-state index contributed by atoms with van der Waals surface area (Å²) in [4.78, 5) is 6.13. The topological polar surface area (TPSA) is 71.5 Å². The fraction of sp³-hybridized carbons (Fsp3) is 0.444. The Bertz CT molecular complexity index is 532. The van der Waals surface area contributed by atoms with Crippen molar-refractivity contribution in [3.63, 3.8) is 0 Å². The van der Waals surface area contributed by atoms with Crippen LogP contribution in [0.25, 0.3) is 0 Å². The van der Waals surface area contributed by atoms with Gasteiger partial charge in [0.1, 0.15) is 10.0 Å². The quantitative estimate of drug-likeness (QED) is 0.840. The third-order valence-electron chi connectivity index (χ3n) is 2.34. The van der Waals surface area contributed by atoms with Gasteiger partial charge in [-0.1, -0.05) is 23.2 Å². The molecule has 0 bridgehead atoms. The second-order valence-electron chi connectivity index (χ2n) is 3.64. The number of sulfonamides is 1. The average molecular weight is 312 g/mol. The molecule has 0 aliphatic carbocycles. The monoisotopic (exact) mass is 311 g/mol. The number of pyridine rings is 1. The van der Waals surface area contributed by atoms with E-state index in [0.717, 1.165) is 6.20 Å². The Hall–Kier alpha value is -0.440. The highest BCUT2D eigenvalue weighted by atomic mass is 35.5. The molecule has 2 rings (SSSR count). The first-order valence-electron chi connectivity index (χ1n) is 5.15. The van der Waals surface area contributed by atoms with Crippen LogP contribution in [0.15, 0.2) is 17.2 Å². The van der Waals surface area contributed by atoms with Gasteiger partial charge >= 0.3 is 0 Å². The van der Waals surface area contributed by atoms with Gasteiger partial charge in [0.15, 0.2) is 0 Å². The molecule has 0 amide bonds. The minimum absolute atomic E-state index is 0.0246. The summed E-state index contributed by atoms with van der Waals surface area (Å²) in [6, 6.07) is 1.26. The van der Waals surface area contributed by atoms with Crippen LogP contribution < -0.4 is 4.83 Å². The molecule has 0 unspecified atom stereocenters. The van der Waals surface area contributed by atoms with Crippen LogP contribution in [0.3, 0.4) is 0 Å². The zero-order valence-corrected chi connectivity index (χ0v) is 11.6. The number of halogens is 2. The summed E-state index contributed by atoms with van der Waals surface area (Å²) in [5.41, 5.74) is 0. The van der Waals surface area contributed by atoms with E-state index in [9.17, 15) is 8.42 Å². The van der Waals surface area contributed by atoms with Gasteiger partial charge in [-0.05, 0) is 6.07 Å². The summed E-state index contributed by atoms with van der Waals surface area (Å²) in [7, 11) is -3.68. The molecular weight excluding hydrogens is 301 g/mol. The van der Waals surface area contributed by atoms with Crippen LogP contribution in [0.2, 0.25) is 10.2 Å². The summed E-state index contributed by atoms with van der Waals surface area (Å²) in [5, 5.41) is 1.74. The number of hydrogen-bond acceptors (Lipinski definition) is 5. The van der Waals surface area contributed by atoms with E-state index in [2.05, 4.69) is 9.82 Å². The average Bonchev–Trinajstić information content (AvgIpc) is 2.33. The number of rotatable bonds is 3. The van der Waals surface area contributed by atoms with Crippen molar-refractivity contribution in [3.05, 3.63) is 22.4 Å². The second-order valence-corrected chi connectivity index (χ2v) is 6.06. The molecule has 1 aromatic heterocycles. The molecule has 2 heterocycles. The summed E-state index contributed by atoms with van der Waals surface area (Å²) in [5.74, 6) is 0. The number of nitrogens with one attached hydrogen (secondary N) is 1. The molecule has 0 radical (unpaired) electrons. The summed E-state index contributed by atoms with van der Waals surface area (Å²) >= 11 is 11.4. The molecule has 1 aliphatic heterocycles. The Morgan fingerprint density at radius 3 is 2.61 bits per heavy atom. The number of hydrogen-bond donors (Lipinski definition) is 1. The van der Waals surface area contributed by atoms with E-state index in [1.165, 1.54) is 6.07 Å². The van der Waals surface area contributed by atoms with Gasteiger partial charge in [0, 0.05) is 19.3 Å². The minimum Gasteiger partial charge on any atom is -0.379 e. The predicted molar refractivity (Wildman–Crippen MR) is 67.0 cm³/mol. The lowest BCUT2D eigenvalue weighted by Gasteiger charge is -2.26. The minimum atomic E-state index is -3.68. The molecule has 100 valence electrons. The fourth-order valence-corrected chi connectivity index (χ4v) is 2.85. The van der Waals surface area contributed by atoms with Gasteiger partial charge in [0.2, 0.25) is 0 Å². The molecule has 1 fully saturated rings. The normalized spacial score (nSPS) is 17.9. The zero-order chi connectivity index (χ0) is 13.2. The van der Waals surface area contributed by atoms with Gasteiger partial charge in [0.25, 0.3) is 10.0 Å². The fourth-order valence-electron chi connectivity index (χ4n) is 1.43. The Morgan fingerprint density at radius 1 is 1.33 bits per heavy atom. The van der Waals surface area contributed by atoms with Gasteiger partial charge in [-0.2, -0.15) is 0 Å². The van der Waals surface area contributed by atoms with E-state index in [0.29, 0.717) is 26.3 Å². The third kappa shape index (κ3) is 3.31. The summed E-state index contributed by atoms with van der Waals surface area (Å²) in [6.07, 6.45) is 1.16. The lowest BCUT2D eigenvalue weighted by Crippen LogP contribution is -2.48. The van der Waals surface area contributed by atoms with E-state index in [-0.39, 0.29) is 15.1 Å². The molecule has 1 aromatic rings. The highest BCUT2D eigenvalue weighted by Crippen LogP contribution is 2.22.